The molecule has 5 heteroatoms. The molecule has 0 aliphatic heterocycles. The Kier molecular flexibility index (Phi) is 3.00. The summed E-state index contributed by atoms with van der Waals surface area (Å²) in [6.45, 7) is 0. The number of aromatic nitrogens is 2. The molecule has 18 heavy (non-hydrogen) atoms. The van der Waals surface area contributed by atoms with Crippen molar-refractivity contribution in [1.29, 1.82) is 0 Å². The van der Waals surface area contributed by atoms with Gasteiger partial charge in [-0.2, -0.15) is 0 Å². The van der Waals surface area contributed by atoms with Crippen molar-refractivity contribution in [3.05, 3.63) is 54.4 Å². The molecule has 3 nitrogen and oxygen atoms in total. The van der Waals surface area contributed by atoms with Crippen LogP contribution in [0.4, 0.5) is 5.13 Å². The van der Waals surface area contributed by atoms with Gasteiger partial charge in [0, 0.05) is 6.20 Å². The average molecular weight is 271 g/mol. The highest BCUT2D eigenvalue weighted by Crippen LogP contribution is 2.25. The lowest BCUT2D eigenvalue weighted by Gasteiger charge is -2.02. The maximum atomic E-state index is 5.30. The number of anilines is 1. The highest BCUT2D eigenvalue weighted by molar-refractivity contribution is 7.81. The van der Waals surface area contributed by atoms with Crippen LogP contribution >= 0.6 is 23.6 Å². The number of nitrogens with one attached hydrogen (secondary N) is 1. The third-order valence-electron chi connectivity index (χ3n) is 2.41. The lowest BCUT2D eigenvalue weighted by atomic mass is 10.3. The third-order valence-corrected chi connectivity index (χ3v) is 3.67. The SMILES string of the molecule is S=C(Nc1nc2ccccc2s1)c1ccccn1. The van der Waals surface area contributed by atoms with Gasteiger partial charge in [-0.05, 0) is 24.3 Å². The highest BCUT2D eigenvalue weighted by atomic mass is 32.1. The molecule has 0 aliphatic rings. The molecule has 0 fully saturated rings. The molecular weight excluding hydrogens is 262 g/mol. The van der Waals surface area contributed by atoms with E-state index in [1.165, 1.54) is 0 Å². The topological polar surface area (TPSA) is 37.8 Å². The van der Waals surface area contributed by atoms with E-state index in [9.17, 15) is 0 Å². The van der Waals surface area contributed by atoms with Gasteiger partial charge in [-0.1, -0.05) is 41.8 Å². The molecule has 3 rings (SSSR count). The highest BCUT2D eigenvalue weighted by Gasteiger charge is 2.06. The Morgan fingerprint density at radius 1 is 1.11 bits per heavy atom. The zero-order valence-electron chi connectivity index (χ0n) is 9.33. The van der Waals surface area contributed by atoms with Crippen LogP contribution in [0.5, 0.6) is 0 Å². The Morgan fingerprint density at radius 3 is 2.72 bits per heavy atom. The summed E-state index contributed by atoms with van der Waals surface area (Å²) in [7, 11) is 0. The van der Waals surface area contributed by atoms with E-state index >= 15 is 0 Å². The molecule has 88 valence electrons. The Bertz CT molecular complexity index is 659. The lowest BCUT2D eigenvalue weighted by molar-refractivity contribution is 1.30. The number of thiocarbonyl (C=S) groups is 1. The van der Waals surface area contributed by atoms with Gasteiger partial charge in [0.25, 0.3) is 0 Å². The molecule has 1 aromatic carbocycles. The van der Waals surface area contributed by atoms with E-state index in [0.29, 0.717) is 4.99 Å². The van der Waals surface area contributed by atoms with Gasteiger partial charge < -0.3 is 5.32 Å². The summed E-state index contributed by atoms with van der Waals surface area (Å²) < 4.78 is 1.14. The van der Waals surface area contributed by atoms with E-state index in [0.717, 1.165) is 21.0 Å². The van der Waals surface area contributed by atoms with Crippen molar-refractivity contribution < 1.29 is 0 Å². The number of rotatable bonds is 2. The summed E-state index contributed by atoms with van der Waals surface area (Å²) in [5.41, 5.74) is 1.74. The molecule has 0 spiro atoms. The number of nitrogens with zero attached hydrogens (tertiary/aromatic N) is 2. The van der Waals surface area contributed by atoms with Gasteiger partial charge in [0.15, 0.2) is 5.13 Å². The molecule has 0 saturated carbocycles. The number of thiazole rings is 1. The number of fused-ring (bicyclic) bond motifs is 1. The molecule has 0 atom stereocenters. The minimum Gasteiger partial charge on any atom is -0.321 e. The number of hydrogen-bond acceptors (Lipinski definition) is 4. The maximum Gasteiger partial charge on any atom is 0.188 e. The molecule has 0 amide bonds. The summed E-state index contributed by atoms with van der Waals surface area (Å²) in [6, 6.07) is 13.7. The van der Waals surface area contributed by atoms with Gasteiger partial charge in [0.05, 0.1) is 15.9 Å². The first-order valence-electron chi connectivity index (χ1n) is 5.41. The Balaban J connectivity index is 1.86. The second-order valence-corrected chi connectivity index (χ2v) is 5.09. The van der Waals surface area contributed by atoms with E-state index < -0.39 is 0 Å². The van der Waals surface area contributed by atoms with Crippen LogP contribution in [-0.2, 0) is 0 Å². The minimum absolute atomic E-state index is 0.592. The van der Waals surface area contributed by atoms with Gasteiger partial charge in [0.2, 0.25) is 0 Å². The van der Waals surface area contributed by atoms with Crippen LogP contribution in [0.25, 0.3) is 10.2 Å². The van der Waals surface area contributed by atoms with Gasteiger partial charge in [0.1, 0.15) is 4.99 Å². The van der Waals surface area contributed by atoms with E-state index in [1.54, 1.807) is 17.5 Å². The normalized spacial score (nSPS) is 10.4. The van der Waals surface area contributed by atoms with Crippen LogP contribution in [0.3, 0.4) is 0 Å². The number of hydrogen-bond donors (Lipinski definition) is 1. The summed E-state index contributed by atoms with van der Waals surface area (Å²) >= 11 is 6.88. The number of pyridine rings is 1. The van der Waals surface area contributed by atoms with Crippen LogP contribution in [0.1, 0.15) is 5.69 Å². The molecule has 0 unspecified atom stereocenters. The second kappa shape index (κ2) is 4.80. The van der Waals surface area contributed by atoms with Crippen LogP contribution in [0, 0.1) is 0 Å². The average Bonchev–Trinajstić information content (AvgIpc) is 2.82. The van der Waals surface area contributed by atoms with Crippen LogP contribution in [0.2, 0.25) is 0 Å². The quantitative estimate of drug-likeness (QED) is 0.724. The Hall–Kier alpha value is -1.85. The summed E-state index contributed by atoms with van der Waals surface area (Å²) in [5.74, 6) is 0. The lowest BCUT2D eigenvalue weighted by Crippen LogP contribution is -2.11. The molecule has 3 aromatic rings. The van der Waals surface area contributed by atoms with Crippen LogP contribution in [-0.4, -0.2) is 15.0 Å². The first-order valence-corrected chi connectivity index (χ1v) is 6.63. The van der Waals surface area contributed by atoms with Gasteiger partial charge in [-0.25, -0.2) is 4.98 Å². The van der Waals surface area contributed by atoms with Crippen molar-refractivity contribution in [2.45, 2.75) is 0 Å². The van der Waals surface area contributed by atoms with E-state index in [-0.39, 0.29) is 0 Å². The van der Waals surface area contributed by atoms with Crippen molar-refractivity contribution in [3.63, 3.8) is 0 Å². The maximum absolute atomic E-state index is 5.30. The largest absolute Gasteiger partial charge is 0.321 e. The molecule has 0 bridgehead atoms. The standard InChI is InChI=1S/C13H9N3S2/c17-12(10-6-3-4-8-14-10)16-13-15-9-5-1-2-7-11(9)18-13/h1-8H,(H,15,16,17). The molecule has 2 heterocycles. The fourth-order valence-electron chi connectivity index (χ4n) is 1.58. The van der Waals surface area contributed by atoms with Crippen LogP contribution in [0.15, 0.2) is 48.7 Å². The second-order valence-electron chi connectivity index (χ2n) is 3.66. The first kappa shape index (κ1) is 11.3. The zero-order chi connectivity index (χ0) is 12.4. The molecule has 0 radical (unpaired) electrons. The van der Waals surface area contributed by atoms with Crippen molar-refractivity contribution in [2.24, 2.45) is 0 Å². The number of para-hydroxylation sites is 1. The molecule has 0 saturated heterocycles. The van der Waals surface area contributed by atoms with E-state index in [1.807, 2.05) is 42.5 Å². The fraction of sp³-hybridized carbons (Fsp3) is 0. The van der Waals surface area contributed by atoms with Gasteiger partial charge >= 0.3 is 0 Å². The summed E-state index contributed by atoms with van der Waals surface area (Å²) in [4.78, 5) is 9.26. The van der Waals surface area contributed by atoms with Gasteiger partial charge in [-0.3, -0.25) is 4.98 Å². The van der Waals surface area contributed by atoms with Crippen molar-refractivity contribution in [3.8, 4) is 0 Å². The Morgan fingerprint density at radius 2 is 1.94 bits per heavy atom. The van der Waals surface area contributed by atoms with Crippen molar-refractivity contribution in [1.82, 2.24) is 9.97 Å². The van der Waals surface area contributed by atoms with E-state index in [2.05, 4.69) is 15.3 Å². The third kappa shape index (κ3) is 2.23. The summed E-state index contributed by atoms with van der Waals surface area (Å²) in [5, 5.41) is 3.92. The van der Waals surface area contributed by atoms with Crippen molar-refractivity contribution >= 4 is 43.9 Å². The van der Waals surface area contributed by atoms with Gasteiger partial charge in [-0.15, -0.1) is 0 Å². The zero-order valence-corrected chi connectivity index (χ0v) is 11.0. The first-order chi connectivity index (χ1) is 8.83. The number of benzene rings is 1. The fourth-order valence-corrected chi connectivity index (χ4v) is 2.74. The predicted molar refractivity (Wildman–Crippen MR) is 79.2 cm³/mol. The smallest absolute Gasteiger partial charge is 0.188 e. The Labute approximate surface area is 114 Å². The van der Waals surface area contributed by atoms with Crippen LogP contribution < -0.4 is 5.32 Å². The van der Waals surface area contributed by atoms with E-state index in [4.69, 9.17) is 12.2 Å². The molecule has 0 aliphatic carbocycles. The molecule has 1 N–H and O–H groups in total. The predicted octanol–water partition coefficient (Wildman–Crippen LogP) is 3.48. The summed E-state index contributed by atoms with van der Waals surface area (Å²) in [6.07, 6.45) is 1.72. The van der Waals surface area contributed by atoms with Crippen molar-refractivity contribution in [2.75, 3.05) is 5.32 Å². The molecule has 2 aromatic heterocycles. The minimum atomic E-state index is 0.592. The molecular formula is C13H9N3S2. The monoisotopic (exact) mass is 271 g/mol.